The lowest BCUT2D eigenvalue weighted by molar-refractivity contribution is 0.0724. The molecule has 4 heteroatoms. The standard InChI is InChI=1S/C17H22N2OS/c18-9-2-5-12-21-14-15-7-6-8-16(13-15)17(20)19-10-3-1-4-11-19/h6-8,13H,1-5,10-12,14H2. The number of unbranched alkanes of at least 4 members (excludes halogenated alkanes) is 1. The Morgan fingerprint density at radius 3 is 2.86 bits per heavy atom. The first-order valence-electron chi connectivity index (χ1n) is 7.64. The number of nitrogens with zero attached hydrogens (tertiary/aromatic N) is 2. The zero-order valence-electron chi connectivity index (χ0n) is 12.4. The molecule has 0 bridgehead atoms. The van der Waals surface area contributed by atoms with Crippen LogP contribution in [-0.2, 0) is 5.75 Å². The first-order chi connectivity index (χ1) is 10.3. The van der Waals surface area contributed by atoms with Crippen LogP contribution in [0.4, 0.5) is 0 Å². The number of amides is 1. The van der Waals surface area contributed by atoms with Crippen molar-refractivity contribution in [2.75, 3.05) is 18.8 Å². The van der Waals surface area contributed by atoms with Gasteiger partial charge >= 0.3 is 0 Å². The number of likely N-dealkylation sites (tertiary alicyclic amines) is 1. The van der Waals surface area contributed by atoms with Crippen molar-refractivity contribution in [2.24, 2.45) is 0 Å². The highest BCUT2D eigenvalue weighted by atomic mass is 32.2. The fourth-order valence-electron chi connectivity index (χ4n) is 2.52. The summed E-state index contributed by atoms with van der Waals surface area (Å²) in [5.41, 5.74) is 2.01. The summed E-state index contributed by atoms with van der Waals surface area (Å²) < 4.78 is 0. The predicted molar refractivity (Wildman–Crippen MR) is 87.2 cm³/mol. The van der Waals surface area contributed by atoms with Gasteiger partial charge in [0, 0.05) is 30.8 Å². The van der Waals surface area contributed by atoms with Crippen molar-refractivity contribution >= 4 is 17.7 Å². The number of benzene rings is 1. The number of carbonyl (C=O) groups is 1. The Bertz CT molecular complexity index is 504. The van der Waals surface area contributed by atoms with Gasteiger partial charge in [-0.05, 0) is 49.1 Å². The van der Waals surface area contributed by atoms with E-state index in [1.807, 2.05) is 34.9 Å². The van der Waals surface area contributed by atoms with Crippen LogP contribution in [0.2, 0.25) is 0 Å². The third kappa shape index (κ3) is 5.09. The van der Waals surface area contributed by atoms with Crippen molar-refractivity contribution in [3.63, 3.8) is 0 Å². The van der Waals surface area contributed by atoms with Crippen molar-refractivity contribution in [1.82, 2.24) is 4.90 Å². The number of nitriles is 1. The monoisotopic (exact) mass is 302 g/mol. The minimum Gasteiger partial charge on any atom is -0.339 e. The van der Waals surface area contributed by atoms with Crippen LogP contribution in [0.3, 0.4) is 0 Å². The molecule has 112 valence electrons. The van der Waals surface area contributed by atoms with Crippen LogP contribution in [-0.4, -0.2) is 29.6 Å². The summed E-state index contributed by atoms with van der Waals surface area (Å²) in [4.78, 5) is 14.4. The fourth-order valence-corrected chi connectivity index (χ4v) is 3.43. The SMILES string of the molecule is N#CCCCSCc1cccc(C(=O)N2CCCCC2)c1. The van der Waals surface area contributed by atoms with Crippen LogP contribution in [0, 0.1) is 11.3 Å². The summed E-state index contributed by atoms with van der Waals surface area (Å²) in [6.07, 6.45) is 5.05. The third-order valence-electron chi connectivity index (χ3n) is 3.66. The van der Waals surface area contributed by atoms with E-state index < -0.39 is 0 Å². The van der Waals surface area contributed by atoms with Gasteiger partial charge in [-0.2, -0.15) is 17.0 Å². The molecule has 3 nitrogen and oxygen atoms in total. The number of piperidine rings is 1. The van der Waals surface area contributed by atoms with Gasteiger partial charge in [0.05, 0.1) is 6.07 Å². The van der Waals surface area contributed by atoms with Gasteiger partial charge in [-0.1, -0.05) is 12.1 Å². The number of hydrogen-bond acceptors (Lipinski definition) is 3. The van der Waals surface area contributed by atoms with Gasteiger partial charge in [-0.15, -0.1) is 0 Å². The van der Waals surface area contributed by atoms with Crippen LogP contribution >= 0.6 is 11.8 Å². The molecule has 0 spiro atoms. The molecular weight excluding hydrogens is 280 g/mol. The second kappa shape index (κ2) is 8.74. The number of thioether (sulfide) groups is 1. The van der Waals surface area contributed by atoms with Gasteiger partial charge in [0.25, 0.3) is 5.91 Å². The average molecular weight is 302 g/mol. The van der Waals surface area contributed by atoms with Crippen molar-refractivity contribution in [3.8, 4) is 6.07 Å². The van der Waals surface area contributed by atoms with Gasteiger partial charge in [0.15, 0.2) is 0 Å². The van der Waals surface area contributed by atoms with Crippen LogP contribution < -0.4 is 0 Å². The van der Waals surface area contributed by atoms with Crippen LogP contribution in [0.1, 0.15) is 48.0 Å². The molecule has 1 heterocycles. The molecule has 0 N–H and O–H groups in total. The van der Waals surface area contributed by atoms with E-state index in [9.17, 15) is 4.79 Å². The van der Waals surface area contributed by atoms with E-state index in [0.717, 1.165) is 49.4 Å². The predicted octanol–water partition coefficient (Wildman–Crippen LogP) is 3.85. The highest BCUT2D eigenvalue weighted by Crippen LogP contribution is 2.18. The number of rotatable bonds is 6. The summed E-state index contributed by atoms with van der Waals surface area (Å²) in [7, 11) is 0. The Hall–Kier alpha value is -1.47. The Balaban J connectivity index is 1.87. The van der Waals surface area contributed by atoms with E-state index in [4.69, 9.17) is 5.26 Å². The van der Waals surface area contributed by atoms with E-state index in [1.165, 1.54) is 12.0 Å². The third-order valence-corrected chi connectivity index (χ3v) is 4.78. The average Bonchev–Trinajstić information content (AvgIpc) is 2.55. The molecule has 1 saturated heterocycles. The second-order valence-corrected chi connectivity index (χ2v) is 6.47. The number of hydrogen-bond donors (Lipinski definition) is 0. The van der Waals surface area contributed by atoms with Crippen LogP contribution in [0.5, 0.6) is 0 Å². The molecule has 0 unspecified atom stereocenters. The normalized spacial score (nSPS) is 14.7. The molecule has 21 heavy (non-hydrogen) atoms. The van der Waals surface area contributed by atoms with Crippen LogP contribution in [0.25, 0.3) is 0 Å². The summed E-state index contributed by atoms with van der Waals surface area (Å²) in [6, 6.07) is 10.2. The van der Waals surface area contributed by atoms with Crippen molar-refractivity contribution < 1.29 is 4.79 Å². The molecular formula is C17H22N2OS. The zero-order valence-corrected chi connectivity index (χ0v) is 13.2. The molecule has 0 radical (unpaired) electrons. The maximum Gasteiger partial charge on any atom is 0.253 e. The van der Waals surface area contributed by atoms with Gasteiger partial charge in [-0.3, -0.25) is 4.79 Å². The minimum absolute atomic E-state index is 0.172. The Morgan fingerprint density at radius 2 is 2.10 bits per heavy atom. The van der Waals surface area contributed by atoms with E-state index >= 15 is 0 Å². The highest BCUT2D eigenvalue weighted by Gasteiger charge is 2.18. The Labute approximate surface area is 131 Å². The number of carbonyl (C=O) groups excluding carboxylic acids is 1. The fraction of sp³-hybridized carbons (Fsp3) is 0.529. The minimum atomic E-state index is 0.172. The van der Waals surface area contributed by atoms with Crippen LogP contribution in [0.15, 0.2) is 24.3 Å². The zero-order chi connectivity index (χ0) is 14.9. The van der Waals surface area contributed by atoms with Crippen molar-refractivity contribution in [3.05, 3.63) is 35.4 Å². The van der Waals surface area contributed by atoms with E-state index in [0.29, 0.717) is 6.42 Å². The molecule has 2 rings (SSSR count). The van der Waals surface area contributed by atoms with Crippen molar-refractivity contribution in [1.29, 1.82) is 5.26 Å². The molecule has 0 aliphatic carbocycles. The first-order valence-corrected chi connectivity index (χ1v) is 8.79. The summed E-state index contributed by atoms with van der Waals surface area (Å²) in [5.74, 6) is 2.08. The molecule has 1 aliphatic heterocycles. The molecule has 0 aromatic heterocycles. The molecule has 1 aliphatic rings. The lowest BCUT2D eigenvalue weighted by Crippen LogP contribution is -2.35. The van der Waals surface area contributed by atoms with Gasteiger partial charge < -0.3 is 4.90 Å². The quantitative estimate of drug-likeness (QED) is 0.750. The lowest BCUT2D eigenvalue weighted by Gasteiger charge is -2.26. The maximum atomic E-state index is 12.5. The molecule has 1 aromatic carbocycles. The Kier molecular flexibility index (Phi) is 6.62. The largest absolute Gasteiger partial charge is 0.339 e. The smallest absolute Gasteiger partial charge is 0.253 e. The molecule has 0 atom stereocenters. The van der Waals surface area contributed by atoms with E-state index in [-0.39, 0.29) is 5.91 Å². The summed E-state index contributed by atoms with van der Waals surface area (Å²) in [5, 5.41) is 8.50. The lowest BCUT2D eigenvalue weighted by atomic mass is 10.1. The Morgan fingerprint density at radius 1 is 1.29 bits per heavy atom. The molecule has 1 aromatic rings. The maximum absolute atomic E-state index is 12.5. The molecule has 1 fully saturated rings. The van der Waals surface area contributed by atoms with E-state index in [1.54, 1.807) is 0 Å². The highest BCUT2D eigenvalue weighted by molar-refractivity contribution is 7.98. The molecule has 0 saturated carbocycles. The second-order valence-electron chi connectivity index (χ2n) is 5.37. The van der Waals surface area contributed by atoms with Gasteiger partial charge in [0.1, 0.15) is 0 Å². The summed E-state index contributed by atoms with van der Waals surface area (Å²) in [6.45, 7) is 1.79. The first kappa shape index (κ1) is 15.9. The topological polar surface area (TPSA) is 44.1 Å². The molecule has 1 amide bonds. The summed E-state index contributed by atoms with van der Waals surface area (Å²) >= 11 is 1.83. The van der Waals surface area contributed by atoms with Gasteiger partial charge in [0.2, 0.25) is 0 Å². The van der Waals surface area contributed by atoms with Gasteiger partial charge in [-0.25, -0.2) is 0 Å². The van der Waals surface area contributed by atoms with Crippen molar-refractivity contribution in [2.45, 2.75) is 37.9 Å². The van der Waals surface area contributed by atoms with E-state index in [2.05, 4.69) is 12.1 Å².